The first-order chi connectivity index (χ1) is 10.9. The minimum absolute atomic E-state index is 1.31. The molecule has 0 aliphatic rings. The third-order valence-corrected chi connectivity index (χ3v) is 4.62. The van der Waals surface area contributed by atoms with Gasteiger partial charge in [0.1, 0.15) is 0 Å². The molecule has 0 unspecified atom stereocenters. The predicted molar refractivity (Wildman–Crippen MR) is 104 cm³/mol. The van der Waals surface area contributed by atoms with E-state index in [9.17, 15) is 0 Å². The van der Waals surface area contributed by atoms with E-state index in [2.05, 4.69) is 26.0 Å². The summed E-state index contributed by atoms with van der Waals surface area (Å²) in [4.78, 5) is 0. The molecule has 0 heterocycles. The van der Waals surface area contributed by atoms with Gasteiger partial charge in [-0.05, 0) is 25.7 Å². The standard InChI is InChI=1S/C22H44/c1-3-5-7-9-11-13-15-17-19-21-22-20-18-16-14-12-10-8-6-4-2/h15,17H,3-14,16,18-22H2,1-2H3. The van der Waals surface area contributed by atoms with Crippen molar-refractivity contribution in [1.29, 1.82) is 0 Å². The Morgan fingerprint density at radius 3 is 0.955 bits per heavy atom. The van der Waals surface area contributed by atoms with Gasteiger partial charge in [-0.3, -0.25) is 0 Å². The highest BCUT2D eigenvalue weighted by Crippen LogP contribution is 2.12. The molecule has 0 aromatic rings. The van der Waals surface area contributed by atoms with Crippen molar-refractivity contribution >= 4 is 0 Å². The van der Waals surface area contributed by atoms with Crippen molar-refractivity contribution in [3.05, 3.63) is 12.2 Å². The molecule has 0 aromatic carbocycles. The van der Waals surface area contributed by atoms with Crippen molar-refractivity contribution in [2.24, 2.45) is 0 Å². The van der Waals surface area contributed by atoms with Gasteiger partial charge in [-0.1, -0.05) is 116 Å². The van der Waals surface area contributed by atoms with Gasteiger partial charge in [0, 0.05) is 0 Å². The van der Waals surface area contributed by atoms with Gasteiger partial charge in [0.15, 0.2) is 0 Å². The van der Waals surface area contributed by atoms with Crippen molar-refractivity contribution in [2.45, 2.75) is 129 Å². The van der Waals surface area contributed by atoms with E-state index in [-0.39, 0.29) is 0 Å². The third kappa shape index (κ3) is 19.7. The molecule has 0 heteroatoms. The number of rotatable bonds is 18. The summed E-state index contributed by atoms with van der Waals surface area (Å²) in [6.07, 6.45) is 30.4. The Bertz CT molecular complexity index is 204. The highest BCUT2D eigenvalue weighted by Gasteiger charge is 1.92. The molecular weight excluding hydrogens is 264 g/mol. The van der Waals surface area contributed by atoms with Crippen LogP contribution in [0.2, 0.25) is 0 Å². The molecule has 0 bridgehead atoms. The van der Waals surface area contributed by atoms with Crippen LogP contribution in [0.3, 0.4) is 0 Å². The van der Waals surface area contributed by atoms with Crippen LogP contribution in [-0.2, 0) is 0 Å². The van der Waals surface area contributed by atoms with E-state index in [1.54, 1.807) is 0 Å². The van der Waals surface area contributed by atoms with E-state index in [4.69, 9.17) is 0 Å². The van der Waals surface area contributed by atoms with Gasteiger partial charge < -0.3 is 0 Å². The lowest BCUT2D eigenvalue weighted by Crippen LogP contribution is -1.82. The van der Waals surface area contributed by atoms with Crippen LogP contribution in [0, 0.1) is 0 Å². The van der Waals surface area contributed by atoms with Crippen molar-refractivity contribution in [1.82, 2.24) is 0 Å². The fourth-order valence-corrected chi connectivity index (χ4v) is 3.03. The molecule has 0 rings (SSSR count). The number of hydrogen-bond acceptors (Lipinski definition) is 0. The number of unbranched alkanes of at least 4 members (excludes halogenated alkanes) is 16. The zero-order valence-corrected chi connectivity index (χ0v) is 15.9. The lowest BCUT2D eigenvalue weighted by atomic mass is 10.1. The monoisotopic (exact) mass is 308 g/mol. The minimum atomic E-state index is 1.31. The van der Waals surface area contributed by atoms with Crippen molar-refractivity contribution in [3.63, 3.8) is 0 Å². The Hall–Kier alpha value is -0.260. The predicted octanol–water partition coefficient (Wildman–Crippen LogP) is 8.60. The summed E-state index contributed by atoms with van der Waals surface area (Å²) < 4.78 is 0. The van der Waals surface area contributed by atoms with Gasteiger partial charge in [-0.15, -0.1) is 0 Å². The van der Waals surface area contributed by atoms with Crippen molar-refractivity contribution in [2.75, 3.05) is 0 Å². The Morgan fingerprint density at radius 1 is 0.364 bits per heavy atom. The molecule has 0 saturated carbocycles. The zero-order valence-electron chi connectivity index (χ0n) is 15.9. The molecule has 0 atom stereocenters. The van der Waals surface area contributed by atoms with Crippen LogP contribution >= 0.6 is 0 Å². The molecule has 0 aromatic heterocycles. The van der Waals surface area contributed by atoms with Crippen molar-refractivity contribution in [3.8, 4) is 0 Å². The van der Waals surface area contributed by atoms with E-state index >= 15 is 0 Å². The largest absolute Gasteiger partial charge is 0.0885 e. The lowest BCUT2D eigenvalue weighted by molar-refractivity contribution is 0.550. The Balaban J connectivity index is 3.01. The van der Waals surface area contributed by atoms with Crippen LogP contribution in [-0.4, -0.2) is 0 Å². The first-order valence-electron chi connectivity index (χ1n) is 10.6. The summed E-state index contributed by atoms with van der Waals surface area (Å²) in [6, 6.07) is 0. The molecular formula is C22H44. The highest BCUT2D eigenvalue weighted by atomic mass is 14.0. The van der Waals surface area contributed by atoms with Crippen LogP contribution in [0.25, 0.3) is 0 Å². The molecule has 0 saturated heterocycles. The zero-order chi connectivity index (χ0) is 16.1. The second kappa shape index (κ2) is 20.7. The molecule has 0 fully saturated rings. The van der Waals surface area contributed by atoms with E-state index < -0.39 is 0 Å². The summed E-state index contributed by atoms with van der Waals surface area (Å²) in [5, 5.41) is 0. The second-order valence-electron chi connectivity index (χ2n) is 7.00. The van der Waals surface area contributed by atoms with Gasteiger partial charge in [0.2, 0.25) is 0 Å². The van der Waals surface area contributed by atoms with E-state index in [0.29, 0.717) is 0 Å². The Labute approximate surface area is 142 Å². The minimum Gasteiger partial charge on any atom is -0.0885 e. The van der Waals surface area contributed by atoms with E-state index in [1.807, 2.05) is 0 Å². The first kappa shape index (κ1) is 21.7. The summed E-state index contributed by atoms with van der Waals surface area (Å²) in [5.41, 5.74) is 0. The molecule has 0 nitrogen and oxygen atoms in total. The lowest BCUT2D eigenvalue weighted by Gasteiger charge is -2.01. The first-order valence-corrected chi connectivity index (χ1v) is 10.6. The maximum absolute atomic E-state index is 2.42. The Kier molecular flexibility index (Phi) is 20.5. The molecule has 0 aliphatic carbocycles. The average Bonchev–Trinajstić information content (AvgIpc) is 2.54. The smallest absolute Gasteiger partial charge is 0.0351 e. The topological polar surface area (TPSA) is 0 Å². The number of hydrogen-bond donors (Lipinski definition) is 0. The molecule has 0 radical (unpaired) electrons. The fraction of sp³-hybridized carbons (Fsp3) is 0.909. The van der Waals surface area contributed by atoms with Gasteiger partial charge in [0.05, 0.1) is 0 Å². The summed E-state index contributed by atoms with van der Waals surface area (Å²) in [7, 11) is 0. The van der Waals surface area contributed by atoms with Crippen LogP contribution in [0.4, 0.5) is 0 Å². The van der Waals surface area contributed by atoms with Crippen LogP contribution in [0.15, 0.2) is 12.2 Å². The van der Waals surface area contributed by atoms with Gasteiger partial charge >= 0.3 is 0 Å². The van der Waals surface area contributed by atoms with E-state index in [0.717, 1.165) is 0 Å². The molecule has 0 spiro atoms. The number of allylic oxidation sites excluding steroid dienone is 2. The van der Waals surface area contributed by atoms with Crippen LogP contribution in [0.1, 0.15) is 129 Å². The third-order valence-electron chi connectivity index (χ3n) is 4.62. The van der Waals surface area contributed by atoms with Crippen molar-refractivity contribution < 1.29 is 0 Å². The molecule has 0 aliphatic heterocycles. The van der Waals surface area contributed by atoms with Gasteiger partial charge in [-0.25, -0.2) is 0 Å². The second-order valence-corrected chi connectivity index (χ2v) is 7.00. The van der Waals surface area contributed by atoms with Crippen LogP contribution < -0.4 is 0 Å². The normalized spacial score (nSPS) is 11.5. The maximum Gasteiger partial charge on any atom is -0.0351 e. The fourth-order valence-electron chi connectivity index (χ4n) is 3.03. The van der Waals surface area contributed by atoms with Gasteiger partial charge in [-0.2, -0.15) is 0 Å². The molecule has 132 valence electrons. The average molecular weight is 309 g/mol. The van der Waals surface area contributed by atoms with Gasteiger partial charge in [0.25, 0.3) is 0 Å². The highest BCUT2D eigenvalue weighted by molar-refractivity contribution is 4.81. The molecule has 0 N–H and O–H groups in total. The maximum atomic E-state index is 2.42. The summed E-state index contributed by atoms with van der Waals surface area (Å²) >= 11 is 0. The molecule has 0 amide bonds. The summed E-state index contributed by atoms with van der Waals surface area (Å²) in [5.74, 6) is 0. The van der Waals surface area contributed by atoms with Crippen LogP contribution in [0.5, 0.6) is 0 Å². The van der Waals surface area contributed by atoms with E-state index in [1.165, 1.54) is 116 Å². The summed E-state index contributed by atoms with van der Waals surface area (Å²) in [6.45, 7) is 4.58. The SMILES string of the molecule is CCCCCCCC=CCCCCCCCCCCCCC. The Morgan fingerprint density at radius 2 is 0.636 bits per heavy atom. The molecule has 22 heavy (non-hydrogen) atoms. The quantitative estimate of drug-likeness (QED) is 0.176.